The molecular formula is C24H21OSb-. The van der Waals surface area contributed by atoms with Gasteiger partial charge in [-0.05, 0) is 24.3 Å². The van der Waals surface area contributed by atoms with Gasteiger partial charge in [-0.25, -0.2) is 0 Å². The van der Waals surface area contributed by atoms with Gasteiger partial charge < -0.3 is 5.48 Å². The van der Waals surface area contributed by atoms with Gasteiger partial charge in [0.05, 0.1) is 0 Å². The predicted molar refractivity (Wildman–Crippen MR) is 109 cm³/mol. The fourth-order valence-corrected chi connectivity index (χ4v) is 1.37. The van der Waals surface area contributed by atoms with E-state index in [1.807, 2.05) is 121 Å². The van der Waals surface area contributed by atoms with E-state index in [-0.39, 0.29) is 29.9 Å². The van der Waals surface area contributed by atoms with Crippen LogP contribution in [-0.2, 0) is 0 Å². The maximum Gasteiger partial charge on any atom is 0 e. The molecular weight excluding hydrogens is 426 g/mol. The molecule has 4 aromatic rings. The van der Waals surface area contributed by atoms with Crippen LogP contribution in [0.2, 0.25) is 0 Å². The van der Waals surface area contributed by atoms with E-state index < -0.39 is 0 Å². The molecule has 0 saturated carbocycles. The molecule has 7 radical (unpaired) electrons. The second-order valence-corrected chi connectivity index (χ2v) is 4.31. The third-order valence-electron chi connectivity index (χ3n) is 2.43. The molecule has 0 aliphatic carbocycles. The quantitative estimate of drug-likeness (QED) is 0.333. The molecule has 26 heavy (non-hydrogen) atoms. The summed E-state index contributed by atoms with van der Waals surface area (Å²) in [5, 5.41) is 0. The number of rotatable bonds is 0. The van der Waals surface area contributed by atoms with Gasteiger partial charge >= 0.3 is 0 Å². The SMILES string of the molecule is [OH-].[Sb].[c]1ccccc1.[c]1ccccc1.[c]1ccccc1.[c]1ccccc1. The van der Waals surface area contributed by atoms with E-state index in [4.69, 9.17) is 0 Å². The molecule has 0 fully saturated rings. The van der Waals surface area contributed by atoms with E-state index >= 15 is 0 Å². The van der Waals surface area contributed by atoms with Gasteiger partial charge in [-0.2, -0.15) is 0 Å². The van der Waals surface area contributed by atoms with Crippen LogP contribution in [0, 0.1) is 24.3 Å². The Morgan fingerprint density at radius 3 is 0.462 bits per heavy atom. The standard InChI is InChI=1S/4C6H5.H2O.Sb/c4*1-2-4-6-5-3-1;;/h4*1-5H;1H2;/p-1. The van der Waals surface area contributed by atoms with Crippen molar-refractivity contribution in [3.63, 3.8) is 0 Å². The Bertz CT molecular complexity index is 426. The zero-order valence-corrected chi connectivity index (χ0v) is 17.0. The average Bonchev–Trinajstić information content (AvgIpc) is 2.75. The minimum absolute atomic E-state index is 0. The summed E-state index contributed by atoms with van der Waals surface area (Å²) in [6, 6.07) is 50.0. The summed E-state index contributed by atoms with van der Waals surface area (Å²) in [6.45, 7) is 0. The normalized spacial score (nSPS) is 7.38. The zero-order chi connectivity index (χ0) is 17.0. The molecule has 0 saturated heterocycles. The van der Waals surface area contributed by atoms with Gasteiger partial charge in [0.25, 0.3) is 0 Å². The number of hydrogen-bond acceptors (Lipinski definition) is 1. The van der Waals surface area contributed by atoms with Crippen LogP contribution in [0.1, 0.15) is 0 Å². The second kappa shape index (κ2) is 22.7. The topological polar surface area (TPSA) is 30.0 Å². The van der Waals surface area contributed by atoms with E-state index in [2.05, 4.69) is 24.3 Å². The maximum absolute atomic E-state index is 2.89. The van der Waals surface area contributed by atoms with Crippen LogP contribution < -0.4 is 0 Å². The fourth-order valence-electron chi connectivity index (χ4n) is 1.37. The molecule has 0 aromatic heterocycles. The summed E-state index contributed by atoms with van der Waals surface area (Å²) in [5.74, 6) is 0. The molecule has 1 N–H and O–H groups in total. The minimum atomic E-state index is 0. The van der Waals surface area contributed by atoms with Crippen molar-refractivity contribution in [2.24, 2.45) is 0 Å². The molecule has 4 aromatic carbocycles. The molecule has 1 nitrogen and oxygen atoms in total. The maximum atomic E-state index is 2.89. The zero-order valence-electron chi connectivity index (χ0n) is 14.4. The van der Waals surface area contributed by atoms with Crippen molar-refractivity contribution in [3.05, 3.63) is 146 Å². The van der Waals surface area contributed by atoms with E-state index in [1.165, 1.54) is 0 Å². The van der Waals surface area contributed by atoms with Gasteiger partial charge in [0.15, 0.2) is 0 Å². The van der Waals surface area contributed by atoms with Crippen LogP contribution in [0.4, 0.5) is 0 Å². The third kappa shape index (κ3) is 19.7. The summed E-state index contributed by atoms with van der Waals surface area (Å²) >= 11 is 0. The van der Waals surface area contributed by atoms with E-state index in [9.17, 15) is 0 Å². The van der Waals surface area contributed by atoms with Crippen molar-refractivity contribution in [3.8, 4) is 0 Å². The van der Waals surface area contributed by atoms with E-state index in [0.29, 0.717) is 0 Å². The van der Waals surface area contributed by atoms with Gasteiger partial charge in [-0.3, -0.25) is 0 Å². The van der Waals surface area contributed by atoms with E-state index in [0.717, 1.165) is 0 Å². The first-order valence-corrected chi connectivity index (χ1v) is 7.64. The molecule has 0 unspecified atom stereocenters. The van der Waals surface area contributed by atoms with Crippen molar-refractivity contribution in [1.82, 2.24) is 0 Å². The van der Waals surface area contributed by atoms with Gasteiger partial charge in [-0.1, -0.05) is 121 Å². The monoisotopic (exact) mass is 446 g/mol. The molecule has 0 bridgehead atoms. The van der Waals surface area contributed by atoms with Crippen LogP contribution >= 0.6 is 0 Å². The Morgan fingerprint density at radius 2 is 0.423 bits per heavy atom. The third-order valence-corrected chi connectivity index (χ3v) is 2.43. The molecule has 4 rings (SSSR count). The molecule has 0 heterocycles. The second-order valence-electron chi connectivity index (χ2n) is 4.31. The first-order chi connectivity index (χ1) is 12.0. The molecule has 0 atom stereocenters. The summed E-state index contributed by atoms with van der Waals surface area (Å²) < 4.78 is 0. The van der Waals surface area contributed by atoms with Crippen LogP contribution in [0.3, 0.4) is 0 Å². The summed E-state index contributed by atoms with van der Waals surface area (Å²) in [6.07, 6.45) is 0. The minimum Gasteiger partial charge on any atom is -0.870 e. The van der Waals surface area contributed by atoms with Crippen LogP contribution in [0.15, 0.2) is 121 Å². The molecule has 2 heteroatoms. The first-order valence-electron chi connectivity index (χ1n) is 7.64. The Balaban J connectivity index is 0. The number of hydrogen-bond donors (Lipinski definition) is 0. The molecule has 129 valence electrons. The number of benzene rings is 4. The van der Waals surface area contributed by atoms with Crippen LogP contribution in [-0.4, -0.2) is 29.9 Å². The Morgan fingerprint density at radius 1 is 0.269 bits per heavy atom. The van der Waals surface area contributed by atoms with Crippen molar-refractivity contribution < 1.29 is 5.48 Å². The van der Waals surface area contributed by atoms with Gasteiger partial charge in [0.1, 0.15) is 0 Å². The van der Waals surface area contributed by atoms with Gasteiger partial charge in [-0.15, -0.1) is 0 Å². The van der Waals surface area contributed by atoms with Crippen molar-refractivity contribution in [1.29, 1.82) is 0 Å². The Labute approximate surface area is 175 Å². The largest absolute Gasteiger partial charge is 0.870 e. The predicted octanol–water partition coefficient (Wildman–Crippen LogP) is 5.39. The van der Waals surface area contributed by atoms with Gasteiger partial charge in [0.2, 0.25) is 0 Å². The van der Waals surface area contributed by atoms with Crippen LogP contribution in [0.5, 0.6) is 0 Å². The summed E-state index contributed by atoms with van der Waals surface area (Å²) in [4.78, 5) is 0. The van der Waals surface area contributed by atoms with Crippen molar-refractivity contribution in [2.45, 2.75) is 0 Å². The van der Waals surface area contributed by atoms with E-state index in [1.54, 1.807) is 0 Å². The average molecular weight is 447 g/mol. The Hall–Kier alpha value is -2.34. The van der Waals surface area contributed by atoms with Crippen LogP contribution in [0.25, 0.3) is 0 Å². The Kier molecular flexibility index (Phi) is 22.6. The van der Waals surface area contributed by atoms with Crippen molar-refractivity contribution >= 4 is 24.4 Å². The fraction of sp³-hybridized carbons (Fsp3) is 0. The summed E-state index contributed by atoms with van der Waals surface area (Å²) in [5.41, 5.74) is 0. The molecule has 0 aliphatic heterocycles. The van der Waals surface area contributed by atoms with Crippen molar-refractivity contribution in [2.75, 3.05) is 0 Å². The molecule has 0 spiro atoms. The smallest absolute Gasteiger partial charge is 0 e. The first kappa shape index (κ1) is 25.9. The van der Waals surface area contributed by atoms with Gasteiger partial charge in [0, 0.05) is 24.4 Å². The summed E-state index contributed by atoms with van der Waals surface area (Å²) in [7, 11) is 0. The molecule has 0 amide bonds. The molecule has 0 aliphatic rings.